The van der Waals surface area contributed by atoms with Crippen LogP contribution in [0.5, 0.6) is 5.75 Å². The fraction of sp³-hybridized carbons (Fsp3) is 0.217. The number of methoxy groups -OCH3 is 1. The second-order valence-corrected chi connectivity index (χ2v) is 7.41. The molecule has 4 rings (SSSR count). The van der Waals surface area contributed by atoms with Crippen LogP contribution in [0, 0.1) is 13.8 Å². The fourth-order valence-corrected chi connectivity index (χ4v) is 3.52. The first-order valence-electron chi connectivity index (χ1n) is 9.92. The van der Waals surface area contributed by atoms with Gasteiger partial charge in [0.25, 0.3) is 0 Å². The molecule has 0 fully saturated rings. The van der Waals surface area contributed by atoms with Crippen molar-refractivity contribution in [3.05, 3.63) is 82.2 Å². The third-order valence-electron chi connectivity index (χ3n) is 4.98. The second kappa shape index (κ2) is 8.43. The van der Waals surface area contributed by atoms with Crippen LogP contribution in [-0.4, -0.2) is 32.2 Å². The van der Waals surface area contributed by atoms with Gasteiger partial charge in [-0.05, 0) is 61.4 Å². The lowest BCUT2D eigenvalue weighted by atomic mass is 10.1. The van der Waals surface area contributed by atoms with Gasteiger partial charge in [0.15, 0.2) is 0 Å². The first-order valence-corrected chi connectivity index (χ1v) is 9.92. The van der Waals surface area contributed by atoms with E-state index in [1.165, 1.54) is 0 Å². The van der Waals surface area contributed by atoms with Crippen LogP contribution < -0.4 is 15.6 Å². The van der Waals surface area contributed by atoms with Gasteiger partial charge in [-0.3, -0.25) is 18.6 Å². The van der Waals surface area contributed by atoms with E-state index >= 15 is 0 Å². The number of ether oxygens (including phenoxy) is 1. The minimum Gasteiger partial charge on any atom is -0.497 e. The average Bonchev–Trinajstić information content (AvgIpc) is 3.16. The summed E-state index contributed by atoms with van der Waals surface area (Å²) in [4.78, 5) is 25.2. The van der Waals surface area contributed by atoms with Crippen LogP contribution in [0.25, 0.3) is 11.3 Å². The Morgan fingerprint density at radius 1 is 1.03 bits per heavy atom. The van der Waals surface area contributed by atoms with Gasteiger partial charge in [-0.2, -0.15) is 0 Å². The Bertz CT molecular complexity index is 1290. The number of carbonyl (C=O) groups excluding carboxylic acids is 1. The average molecular weight is 417 g/mol. The van der Waals surface area contributed by atoms with E-state index in [2.05, 4.69) is 21.6 Å². The van der Waals surface area contributed by atoms with Crippen molar-refractivity contribution in [2.24, 2.45) is 0 Å². The highest BCUT2D eigenvalue weighted by Gasteiger charge is 2.13. The molecule has 1 N–H and O–H groups in total. The number of nitrogens with zero attached hydrogens (tertiary/aromatic N) is 4. The van der Waals surface area contributed by atoms with Crippen LogP contribution in [0.1, 0.15) is 23.4 Å². The smallest absolute Gasteiger partial charge is 0.300 e. The molecule has 0 aliphatic carbocycles. The highest BCUT2D eigenvalue weighted by atomic mass is 16.5. The molecule has 2 heterocycles. The summed E-state index contributed by atoms with van der Waals surface area (Å²) in [6.07, 6.45) is 4.03. The molecular weight excluding hydrogens is 394 g/mol. The largest absolute Gasteiger partial charge is 0.497 e. The Morgan fingerprint density at radius 3 is 2.42 bits per heavy atom. The van der Waals surface area contributed by atoms with Gasteiger partial charge in [0.05, 0.1) is 7.11 Å². The first kappa shape index (κ1) is 20.3. The van der Waals surface area contributed by atoms with Crippen LogP contribution in [0.15, 0.2) is 59.7 Å². The van der Waals surface area contributed by atoms with Gasteiger partial charge in [0, 0.05) is 36.6 Å². The molecule has 0 spiro atoms. The Hall–Kier alpha value is -3.94. The number of benzene rings is 2. The van der Waals surface area contributed by atoms with Crippen LogP contribution in [0.2, 0.25) is 0 Å². The topological polar surface area (TPSA) is 90.5 Å². The molecule has 0 saturated carbocycles. The number of rotatable bonds is 6. The monoisotopic (exact) mass is 417 g/mol. The normalized spacial score (nSPS) is 10.9. The Labute approximate surface area is 179 Å². The number of anilines is 1. The zero-order chi connectivity index (χ0) is 22.0. The molecular formula is C23H23N5O3. The predicted molar refractivity (Wildman–Crippen MR) is 118 cm³/mol. The van der Waals surface area contributed by atoms with Gasteiger partial charge in [-0.25, -0.2) is 0 Å². The molecule has 0 saturated heterocycles. The molecule has 2 aromatic heterocycles. The van der Waals surface area contributed by atoms with Gasteiger partial charge in [-0.1, -0.05) is 6.07 Å². The van der Waals surface area contributed by atoms with Crippen molar-refractivity contribution in [1.29, 1.82) is 0 Å². The maximum atomic E-state index is 12.9. The molecule has 4 aromatic rings. The van der Waals surface area contributed by atoms with E-state index in [9.17, 15) is 9.59 Å². The lowest BCUT2D eigenvalue weighted by Crippen LogP contribution is -2.20. The van der Waals surface area contributed by atoms with E-state index < -0.39 is 0 Å². The highest BCUT2D eigenvalue weighted by Crippen LogP contribution is 2.16. The zero-order valence-electron chi connectivity index (χ0n) is 17.6. The standard InChI is InChI=1S/C23H23N5O3/c1-15-12-16(2)14-18(13-15)27-10-11-28-20(25-26-22(28)23(27)30)8-9-21(29)24-17-4-6-19(31-3)7-5-17/h4-7,10-14H,8-9H2,1-3H3,(H,24,29). The molecule has 0 unspecified atom stereocenters. The lowest BCUT2D eigenvalue weighted by Gasteiger charge is -2.09. The van der Waals surface area contributed by atoms with Crippen molar-refractivity contribution in [2.45, 2.75) is 26.7 Å². The minimum atomic E-state index is -0.256. The quantitative estimate of drug-likeness (QED) is 0.521. The Kier molecular flexibility index (Phi) is 5.53. The fourth-order valence-electron chi connectivity index (χ4n) is 3.52. The summed E-state index contributed by atoms with van der Waals surface area (Å²) in [5, 5.41) is 11.0. The molecule has 158 valence electrons. The number of hydrogen-bond donors (Lipinski definition) is 1. The van der Waals surface area contributed by atoms with Crippen LogP contribution >= 0.6 is 0 Å². The third-order valence-corrected chi connectivity index (χ3v) is 4.98. The minimum absolute atomic E-state index is 0.148. The Morgan fingerprint density at radius 2 is 1.74 bits per heavy atom. The summed E-state index contributed by atoms with van der Waals surface area (Å²) >= 11 is 0. The number of amides is 1. The zero-order valence-corrected chi connectivity index (χ0v) is 17.6. The Balaban J connectivity index is 1.50. The van der Waals surface area contributed by atoms with E-state index in [4.69, 9.17) is 4.74 Å². The maximum Gasteiger partial charge on any atom is 0.300 e. The molecule has 2 aromatic carbocycles. The SMILES string of the molecule is COc1ccc(NC(=O)CCc2nnc3c(=O)n(-c4cc(C)cc(C)c4)ccn23)cc1. The number of aromatic nitrogens is 4. The first-order chi connectivity index (χ1) is 14.9. The summed E-state index contributed by atoms with van der Waals surface area (Å²) in [7, 11) is 1.59. The number of hydrogen-bond acceptors (Lipinski definition) is 5. The van der Waals surface area contributed by atoms with Gasteiger partial charge in [0.2, 0.25) is 11.6 Å². The second-order valence-electron chi connectivity index (χ2n) is 7.41. The van der Waals surface area contributed by atoms with Gasteiger partial charge in [0.1, 0.15) is 11.6 Å². The summed E-state index contributed by atoms with van der Waals surface area (Å²) in [5.41, 5.74) is 3.60. The van der Waals surface area contributed by atoms with E-state index in [1.54, 1.807) is 52.7 Å². The summed E-state index contributed by atoms with van der Waals surface area (Å²) in [6, 6.07) is 13.1. The van der Waals surface area contributed by atoms with Crippen molar-refractivity contribution in [3.8, 4) is 11.4 Å². The molecule has 0 aliphatic rings. The van der Waals surface area contributed by atoms with Gasteiger partial charge >= 0.3 is 5.56 Å². The van der Waals surface area contributed by atoms with Crippen molar-refractivity contribution in [1.82, 2.24) is 19.2 Å². The third kappa shape index (κ3) is 4.32. The highest BCUT2D eigenvalue weighted by molar-refractivity contribution is 5.90. The number of fused-ring (bicyclic) bond motifs is 1. The molecule has 8 nitrogen and oxygen atoms in total. The molecule has 1 amide bonds. The molecule has 0 bridgehead atoms. The van der Waals surface area contributed by atoms with Crippen LogP contribution in [0.3, 0.4) is 0 Å². The van der Waals surface area contributed by atoms with E-state index in [0.717, 1.165) is 22.6 Å². The summed E-state index contributed by atoms with van der Waals surface area (Å²) in [6.45, 7) is 3.98. The van der Waals surface area contributed by atoms with E-state index in [1.807, 2.05) is 26.0 Å². The summed E-state index contributed by atoms with van der Waals surface area (Å²) in [5.74, 6) is 1.13. The van der Waals surface area contributed by atoms with Crippen molar-refractivity contribution < 1.29 is 9.53 Å². The van der Waals surface area contributed by atoms with E-state index in [-0.39, 0.29) is 23.5 Å². The molecule has 0 radical (unpaired) electrons. The van der Waals surface area contributed by atoms with Gasteiger partial charge < -0.3 is 10.1 Å². The van der Waals surface area contributed by atoms with Crippen LogP contribution in [0.4, 0.5) is 5.69 Å². The van der Waals surface area contributed by atoms with Crippen molar-refractivity contribution >= 4 is 17.2 Å². The van der Waals surface area contributed by atoms with Crippen LogP contribution in [-0.2, 0) is 11.2 Å². The predicted octanol–water partition coefficient (Wildman–Crippen LogP) is 3.08. The molecule has 8 heteroatoms. The van der Waals surface area contributed by atoms with E-state index in [0.29, 0.717) is 17.9 Å². The summed E-state index contributed by atoms with van der Waals surface area (Å²) < 4.78 is 8.31. The number of carbonyl (C=O) groups is 1. The number of nitrogens with one attached hydrogen (secondary N) is 1. The number of aryl methyl sites for hydroxylation is 3. The molecule has 0 atom stereocenters. The molecule has 31 heavy (non-hydrogen) atoms. The van der Waals surface area contributed by atoms with Gasteiger partial charge in [-0.15, -0.1) is 10.2 Å². The lowest BCUT2D eigenvalue weighted by molar-refractivity contribution is -0.116. The van der Waals surface area contributed by atoms with Crippen molar-refractivity contribution in [2.75, 3.05) is 12.4 Å². The molecule has 0 aliphatic heterocycles. The maximum absolute atomic E-state index is 12.9. The van der Waals surface area contributed by atoms with Crippen molar-refractivity contribution in [3.63, 3.8) is 0 Å².